The lowest BCUT2D eigenvalue weighted by atomic mass is 10.4. The van der Waals surface area contributed by atoms with Gasteiger partial charge >= 0.3 is 0 Å². The Labute approximate surface area is 69.7 Å². The van der Waals surface area contributed by atoms with Crippen LogP contribution in [-0.4, -0.2) is 47.4 Å². The highest BCUT2D eigenvalue weighted by atomic mass is 32.2. The maximum atomic E-state index is 11.1. The van der Waals surface area contributed by atoms with Crippen LogP contribution in [0.3, 0.4) is 0 Å². The van der Waals surface area contributed by atoms with E-state index in [0.717, 1.165) is 0 Å². The third-order valence-corrected chi connectivity index (χ3v) is 2.35. The van der Waals surface area contributed by atoms with E-state index in [4.69, 9.17) is 0 Å². The molecule has 0 saturated carbocycles. The van der Waals surface area contributed by atoms with Gasteiger partial charge in [-0.05, 0) is 0 Å². The summed E-state index contributed by atoms with van der Waals surface area (Å²) in [7, 11) is 1.64. The number of piperazine rings is 1. The quantitative estimate of drug-likeness (QED) is 0.506. The van der Waals surface area contributed by atoms with Crippen molar-refractivity contribution in [2.75, 3.05) is 26.4 Å². The number of amides is 2. The van der Waals surface area contributed by atoms with E-state index in [1.54, 1.807) is 13.3 Å². The van der Waals surface area contributed by atoms with Gasteiger partial charge in [-0.3, -0.25) is 13.9 Å². The predicted molar refractivity (Wildman–Crippen MR) is 42.9 cm³/mol. The molecule has 5 heteroatoms. The highest BCUT2D eigenvalue weighted by Crippen LogP contribution is 2.10. The van der Waals surface area contributed by atoms with Gasteiger partial charge in [0, 0.05) is 13.3 Å². The van der Waals surface area contributed by atoms with Crippen LogP contribution in [0, 0.1) is 0 Å². The van der Waals surface area contributed by atoms with Gasteiger partial charge < -0.3 is 4.90 Å². The fourth-order valence-electron chi connectivity index (χ4n) is 0.868. The molecule has 0 radical (unpaired) electrons. The standard InChI is InChI=1S/C6H10N2O2S/c1-7-3-6(10)8(11-2)4-5(7)9/h3-4H2,1-2H3. The van der Waals surface area contributed by atoms with Crippen molar-refractivity contribution >= 4 is 23.8 Å². The van der Waals surface area contributed by atoms with Crippen LogP contribution in [-0.2, 0) is 9.59 Å². The van der Waals surface area contributed by atoms with Crippen LogP contribution < -0.4 is 0 Å². The van der Waals surface area contributed by atoms with Gasteiger partial charge in [0.05, 0.1) is 0 Å². The summed E-state index contributed by atoms with van der Waals surface area (Å²) in [5.74, 6) is -0.00134. The Hall–Kier alpha value is -0.710. The van der Waals surface area contributed by atoms with Gasteiger partial charge in [-0.1, -0.05) is 11.9 Å². The Balaban J connectivity index is 2.62. The van der Waals surface area contributed by atoms with E-state index < -0.39 is 0 Å². The van der Waals surface area contributed by atoms with Crippen LogP contribution in [0.2, 0.25) is 0 Å². The second kappa shape index (κ2) is 3.13. The van der Waals surface area contributed by atoms with Crippen LogP contribution in [0.15, 0.2) is 0 Å². The molecule has 2 amide bonds. The van der Waals surface area contributed by atoms with Gasteiger partial charge in [-0.25, -0.2) is 0 Å². The smallest absolute Gasteiger partial charge is 0.252 e. The zero-order valence-corrected chi connectivity index (χ0v) is 7.35. The van der Waals surface area contributed by atoms with Crippen molar-refractivity contribution in [3.63, 3.8) is 0 Å². The molecule has 0 aromatic rings. The normalized spacial score (nSPS) is 19.5. The lowest BCUT2D eigenvalue weighted by Crippen LogP contribution is -2.49. The minimum absolute atomic E-state index is 0.000370. The van der Waals surface area contributed by atoms with Crippen LogP contribution in [0.4, 0.5) is 0 Å². The largest absolute Gasteiger partial charge is 0.335 e. The minimum atomic E-state index is -0.000972. The van der Waals surface area contributed by atoms with Gasteiger partial charge in [0.2, 0.25) is 5.91 Å². The molecule has 1 aliphatic heterocycles. The predicted octanol–water partition coefficient (Wildman–Crippen LogP) is -0.435. The molecule has 0 spiro atoms. The van der Waals surface area contributed by atoms with E-state index in [2.05, 4.69) is 0 Å². The topological polar surface area (TPSA) is 40.6 Å². The van der Waals surface area contributed by atoms with Gasteiger partial charge in [0.25, 0.3) is 5.91 Å². The minimum Gasteiger partial charge on any atom is -0.335 e. The molecule has 0 aliphatic carbocycles. The average Bonchev–Trinajstić information content (AvgIpc) is 1.97. The fourth-order valence-corrected chi connectivity index (χ4v) is 1.37. The first-order valence-corrected chi connectivity index (χ1v) is 4.41. The van der Waals surface area contributed by atoms with Gasteiger partial charge in [-0.15, -0.1) is 0 Å². The summed E-state index contributed by atoms with van der Waals surface area (Å²) in [5, 5.41) is 0. The molecule has 0 unspecified atom stereocenters. The summed E-state index contributed by atoms with van der Waals surface area (Å²) in [5.41, 5.74) is 0. The van der Waals surface area contributed by atoms with Crippen LogP contribution in [0.25, 0.3) is 0 Å². The Kier molecular flexibility index (Phi) is 2.38. The summed E-state index contributed by atoms with van der Waals surface area (Å²) in [6, 6.07) is 0. The van der Waals surface area contributed by atoms with E-state index in [-0.39, 0.29) is 24.9 Å². The highest BCUT2D eigenvalue weighted by Gasteiger charge is 2.26. The molecule has 0 atom stereocenters. The molecule has 1 aliphatic rings. The van der Waals surface area contributed by atoms with Gasteiger partial charge in [0.15, 0.2) is 0 Å². The molecular weight excluding hydrogens is 164 g/mol. The summed E-state index contributed by atoms with van der Waals surface area (Å²) < 4.78 is 1.47. The fraction of sp³-hybridized carbons (Fsp3) is 0.667. The Bertz CT molecular complexity index is 195. The Morgan fingerprint density at radius 2 is 1.91 bits per heavy atom. The van der Waals surface area contributed by atoms with Crippen LogP contribution in [0.1, 0.15) is 0 Å². The first-order chi connectivity index (χ1) is 5.15. The first kappa shape index (κ1) is 8.39. The molecule has 4 nitrogen and oxygen atoms in total. The van der Waals surface area contributed by atoms with Crippen molar-refractivity contribution in [1.29, 1.82) is 0 Å². The zero-order chi connectivity index (χ0) is 8.43. The number of nitrogens with zero attached hydrogens (tertiary/aromatic N) is 2. The molecule has 1 heterocycles. The third kappa shape index (κ3) is 1.65. The van der Waals surface area contributed by atoms with E-state index >= 15 is 0 Å². The number of rotatable bonds is 1. The van der Waals surface area contributed by atoms with Gasteiger partial charge in [-0.2, -0.15) is 0 Å². The van der Waals surface area contributed by atoms with Crippen LogP contribution >= 0.6 is 11.9 Å². The highest BCUT2D eigenvalue weighted by molar-refractivity contribution is 7.96. The van der Waals surface area contributed by atoms with Crippen molar-refractivity contribution in [3.8, 4) is 0 Å². The zero-order valence-electron chi connectivity index (χ0n) is 6.53. The lowest BCUT2D eigenvalue weighted by Gasteiger charge is -2.29. The van der Waals surface area contributed by atoms with Crippen molar-refractivity contribution in [1.82, 2.24) is 9.21 Å². The van der Waals surface area contributed by atoms with Crippen molar-refractivity contribution in [2.24, 2.45) is 0 Å². The second-order valence-corrected chi connectivity index (χ2v) is 3.17. The SMILES string of the molecule is CSN1CC(=O)N(C)CC1=O. The molecule has 1 fully saturated rings. The lowest BCUT2D eigenvalue weighted by molar-refractivity contribution is -0.143. The molecule has 1 rings (SSSR count). The summed E-state index contributed by atoms with van der Waals surface area (Å²) in [4.78, 5) is 23.6. The first-order valence-electron chi connectivity index (χ1n) is 3.23. The summed E-state index contributed by atoms with van der Waals surface area (Å²) in [6.07, 6.45) is 1.79. The maximum Gasteiger partial charge on any atom is 0.252 e. The Morgan fingerprint density at radius 3 is 2.45 bits per heavy atom. The molecule has 0 N–H and O–H groups in total. The second-order valence-electron chi connectivity index (χ2n) is 2.36. The van der Waals surface area contributed by atoms with E-state index in [1.165, 1.54) is 21.2 Å². The number of carbonyl (C=O) groups excluding carboxylic acids is 2. The summed E-state index contributed by atoms with van der Waals surface area (Å²) in [6.45, 7) is 0.413. The van der Waals surface area contributed by atoms with Crippen molar-refractivity contribution < 1.29 is 9.59 Å². The van der Waals surface area contributed by atoms with E-state index in [9.17, 15) is 9.59 Å². The van der Waals surface area contributed by atoms with E-state index in [1.807, 2.05) is 0 Å². The molecule has 1 saturated heterocycles. The molecule has 0 aromatic heterocycles. The number of likely N-dealkylation sites (N-methyl/N-ethyl adjacent to an activating group) is 1. The number of hydrogen-bond donors (Lipinski definition) is 0. The number of carbonyl (C=O) groups is 2. The van der Waals surface area contributed by atoms with Crippen molar-refractivity contribution in [3.05, 3.63) is 0 Å². The molecule has 0 aromatic carbocycles. The monoisotopic (exact) mass is 174 g/mol. The molecule has 62 valence electrons. The third-order valence-electron chi connectivity index (χ3n) is 1.58. The average molecular weight is 174 g/mol. The van der Waals surface area contributed by atoms with Gasteiger partial charge in [0.1, 0.15) is 13.1 Å². The van der Waals surface area contributed by atoms with E-state index in [0.29, 0.717) is 0 Å². The van der Waals surface area contributed by atoms with Crippen molar-refractivity contribution in [2.45, 2.75) is 0 Å². The molecule has 0 bridgehead atoms. The maximum absolute atomic E-state index is 11.1. The van der Waals surface area contributed by atoms with Crippen LogP contribution in [0.5, 0.6) is 0 Å². The molecular formula is C6H10N2O2S. The number of hydrogen-bond acceptors (Lipinski definition) is 3. The summed E-state index contributed by atoms with van der Waals surface area (Å²) >= 11 is 1.30. The Morgan fingerprint density at radius 1 is 1.27 bits per heavy atom. The molecule has 11 heavy (non-hydrogen) atoms.